The quantitative estimate of drug-likeness (QED) is 0.862. The molecule has 0 unspecified atom stereocenters. The highest BCUT2D eigenvalue weighted by atomic mass is 16.1. The van der Waals surface area contributed by atoms with E-state index in [-0.39, 0.29) is 5.91 Å². The van der Waals surface area contributed by atoms with Crippen molar-refractivity contribution in [2.75, 3.05) is 6.54 Å². The lowest BCUT2D eigenvalue weighted by Gasteiger charge is -2.22. The van der Waals surface area contributed by atoms with Gasteiger partial charge in [-0.2, -0.15) is 5.26 Å². The molecule has 20 heavy (non-hydrogen) atoms. The molecule has 1 aliphatic rings. The summed E-state index contributed by atoms with van der Waals surface area (Å²) in [6.45, 7) is 0.931. The molecule has 1 amide bonds. The van der Waals surface area contributed by atoms with E-state index in [0.29, 0.717) is 24.7 Å². The number of hydrogen-bond donors (Lipinski definition) is 2. The summed E-state index contributed by atoms with van der Waals surface area (Å²) in [5, 5.41) is 15.0. The van der Waals surface area contributed by atoms with Crippen molar-refractivity contribution in [1.82, 2.24) is 10.6 Å². The molecule has 1 fully saturated rings. The van der Waals surface area contributed by atoms with Crippen molar-refractivity contribution in [2.45, 2.75) is 44.7 Å². The summed E-state index contributed by atoms with van der Waals surface area (Å²) in [6, 6.07) is 9.90. The average molecular weight is 271 g/mol. The van der Waals surface area contributed by atoms with Crippen LogP contribution in [-0.4, -0.2) is 18.5 Å². The Morgan fingerprint density at radius 3 is 2.85 bits per heavy atom. The van der Waals surface area contributed by atoms with Crippen LogP contribution in [0.2, 0.25) is 0 Å². The second kappa shape index (κ2) is 7.66. The summed E-state index contributed by atoms with van der Waals surface area (Å²) in [4.78, 5) is 11.8. The molecule has 1 saturated carbocycles. The first-order valence-electron chi connectivity index (χ1n) is 7.27. The fourth-order valence-corrected chi connectivity index (χ4v) is 2.60. The predicted molar refractivity (Wildman–Crippen MR) is 77.9 cm³/mol. The maximum absolute atomic E-state index is 11.8. The van der Waals surface area contributed by atoms with Crippen LogP contribution in [0.5, 0.6) is 0 Å². The van der Waals surface area contributed by atoms with Gasteiger partial charge in [-0.1, -0.05) is 31.4 Å². The average Bonchev–Trinajstić information content (AvgIpc) is 2.48. The number of amides is 1. The Labute approximate surface area is 120 Å². The van der Waals surface area contributed by atoms with E-state index in [1.165, 1.54) is 19.3 Å². The summed E-state index contributed by atoms with van der Waals surface area (Å²) >= 11 is 0. The van der Waals surface area contributed by atoms with Crippen molar-refractivity contribution in [3.05, 3.63) is 35.4 Å². The first-order valence-corrected chi connectivity index (χ1v) is 7.27. The maximum atomic E-state index is 11.8. The smallest absolute Gasteiger partial charge is 0.234 e. The third-order valence-corrected chi connectivity index (χ3v) is 3.64. The van der Waals surface area contributed by atoms with Crippen LogP contribution in [0, 0.1) is 11.3 Å². The van der Waals surface area contributed by atoms with Gasteiger partial charge in [0.05, 0.1) is 18.2 Å². The molecule has 1 aromatic rings. The Morgan fingerprint density at radius 1 is 1.30 bits per heavy atom. The zero-order chi connectivity index (χ0) is 14.2. The van der Waals surface area contributed by atoms with E-state index in [9.17, 15) is 4.79 Å². The van der Waals surface area contributed by atoms with Crippen molar-refractivity contribution in [1.29, 1.82) is 5.26 Å². The molecule has 0 atom stereocenters. The molecule has 0 heterocycles. The van der Waals surface area contributed by atoms with Crippen molar-refractivity contribution < 1.29 is 4.79 Å². The number of nitrogens with one attached hydrogen (secondary N) is 2. The van der Waals surface area contributed by atoms with Crippen LogP contribution in [0.1, 0.15) is 43.2 Å². The Kier molecular flexibility index (Phi) is 5.57. The van der Waals surface area contributed by atoms with Crippen LogP contribution in [0.3, 0.4) is 0 Å². The van der Waals surface area contributed by atoms with Gasteiger partial charge in [-0.05, 0) is 30.5 Å². The zero-order valence-corrected chi connectivity index (χ0v) is 11.7. The standard InChI is InChI=1S/C16H21N3O/c17-10-13-5-4-6-14(9-13)11-18-12-16(20)19-15-7-2-1-3-8-15/h4-6,9,15,18H,1-3,7-8,11-12H2,(H,19,20). The van der Waals surface area contributed by atoms with E-state index in [2.05, 4.69) is 16.7 Å². The minimum atomic E-state index is 0.0633. The van der Waals surface area contributed by atoms with Crippen LogP contribution in [0.4, 0.5) is 0 Å². The Hall–Kier alpha value is -1.86. The van der Waals surface area contributed by atoms with Gasteiger partial charge in [-0.3, -0.25) is 4.79 Å². The van der Waals surface area contributed by atoms with Crippen LogP contribution in [0.15, 0.2) is 24.3 Å². The molecule has 4 nitrogen and oxygen atoms in total. The SMILES string of the molecule is N#Cc1cccc(CNCC(=O)NC2CCCCC2)c1. The second-order valence-corrected chi connectivity index (χ2v) is 5.32. The number of benzene rings is 1. The molecule has 1 aliphatic carbocycles. The van der Waals surface area contributed by atoms with E-state index < -0.39 is 0 Å². The van der Waals surface area contributed by atoms with Crippen LogP contribution >= 0.6 is 0 Å². The third-order valence-electron chi connectivity index (χ3n) is 3.64. The number of carbonyl (C=O) groups is 1. The lowest BCUT2D eigenvalue weighted by Crippen LogP contribution is -2.41. The Balaban J connectivity index is 1.69. The van der Waals surface area contributed by atoms with Gasteiger partial charge in [0.1, 0.15) is 0 Å². The fraction of sp³-hybridized carbons (Fsp3) is 0.500. The second-order valence-electron chi connectivity index (χ2n) is 5.32. The van der Waals surface area contributed by atoms with E-state index >= 15 is 0 Å². The number of hydrogen-bond acceptors (Lipinski definition) is 3. The normalized spacial score (nSPS) is 15.6. The summed E-state index contributed by atoms with van der Waals surface area (Å²) in [6.07, 6.45) is 5.95. The lowest BCUT2D eigenvalue weighted by molar-refractivity contribution is -0.121. The van der Waals surface area contributed by atoms with E-state index in [1.807, 2.05) is 18.2 Å². The third kappa shape index (κ3) is 4.67. The van der Waals surface area contributed by atoms with Crippen molar-refractivity contribution in [3.63, 3.8) is 0 Å². The monoisotopic (exact) mass is 271 g/mol. The molecule has 0 bridgehead atoms. The van der Waals surface area contributed by atoms with Gasteiger partial charge >= 0.3 is 0 Å². The van der Waals surface area contributed by atoms with Gasteiger partial charge in [-0.25, -0.2) is 0 Å². The summed E-state index contributed by atoms with van der Waals surface area (Å²) in [5.74, 6) is 0.0633. The number of nitrogens with zero attached hydrogens (tertiary/aromatic N) is 1. The van der Waals surface area contributed by atoms with E-state index in [4.69, 9.17) is 5.26 Å². The van der Waals surface area contributed by atoms with Gasteiger partial charge in [0.2, 0.25) is 5.91 Å². The first kappa shape index (κ1) is 14.5. The van der Waals surface area contributed by atoms with E-state index in [1.54, 1.807) is 6.07 Å². The lowest BCUT2D eigenvalue weighted by atomic mass is 9.95. The topological polar surface area (TPSA) is 64.9 Å². The van der Waals surface area contributed by atoms with Gasteiger partial charge in [0.25, 0.3) is 0 Å². The van der Waals surface area contributed by atoms with Crippen LogP contribution < -0.4 is 10.6 Å². The Bertz CT molecular complexity index is 487. The maximum Gasteiger partial charge on any atom is 0.234 e. The molecule has 4 heteroatoms. The Morgan fingerprint density at radius 2 is 2.10 bits per heavy atom. The molecule has 0 spiro atoms. The largest absolute Gasteiger partial charge is 0.352 e. The molecule has 2 N–H and O–H groups in total. The molecule has 106 valence electrons. The van der Waals surface area contributed by atoms with Gasteiger partial charge < -0.3 is 10.6 Å². The molecule has 0 aliphatic heterocycles. The van der Waals surface area contributed by atoms with E-state index in [0.717, 1.165) is 18.4 Å². The molecule has 0 radical (unpaired) electrons. The molecule has 0 aromatic heterocycles. The van der Waals surface area contributed by atoms with Crippen LogP contribution in [0.25, 0.3) is 0 Å². The molecule has 0 saturated heterocycles. The molecule has 2 rings (SSSR count). The van der Waals surface area contributed by atoms with Crippen molar-refractivity contribution in [3.8, 4) is 6.07 Å². The molecular weight excluding hydrogens is 250 g/mol. The minimum Gasteiger partial charge on any atom is -0.352 e. The van der Waals surface area contributed by atoms with Gasteiger partial charge in [0.15, 0.2) is 0 Å². The number of rotatable bonds is 5. The minimum absolute atomic E-state index is 0.0633. The number of nitriles is 1. The van der Waals surface area contributed by atoms with Crippen LogP contribution in [-0.2, 0) is 11.3 Å². The highest BCUT2D eigenvalue weighted by molar-refractivity contribution is 5.78. The summed E-state index contributed by atoms with van der Waals surface area (Å²) in [5.41, 5.74) is 1.67. The van der Waals surface area contributed by atoms with Gasteiger partial charge in [0, 0.05) is 12.6 Å². The zero-order valence-electron chi connectivity index (χ0n) is 11.7. The van der Waals surface area contributed by atoms with Crippen molar-refractivity contribution >= 4 is 5.91 Å². The highest BCUT2D eigenvalue weighted by Gasteiger charge is 2.15. The summed E-state index contributed by atoms with van der Waals surface area (Å²) in [7, 11) is 0. The molecule has 1 aromatic carbocycles. The summed E-state index contributed by atoms with van der Waals surface area (Å²) < 4.78 is 0. The predicted octanol–water partition coefficient (Wildman–Crippen LogP) is 2.10. The number of carbonyl (C=O) groups excluding carboxylic acids is 1. The first-order chi connectivity index (χ1) is 9.78. The highest BCUT2D eigenvalue weighted by Crippen LogP contribution is 2.17. The fourth-order valence-electron chi connectivity index (χ4n) is 2.60. The van der Waals surface area contributed by atoms with Crippen molar-refractivity contribution in [2.24, 2.45) is 0 Å². The van der Waals surface area contributed by atoms with Gasteiger partial charge in [-0.15, -0.1) is 0 Å². The molecular formula is C16H21N3O.